The summed E-state index contributed by atoms with van der Waals surface area (Å²) in [5, 5.41) is 2.65. The third-order valence-electron chi connectivity index (χ3n) is 4.75. The summed E-state index contributed by atoms with van der Waals surface area (Å²) in [6.07, 6.45) is 7.12. The fraction of sp³-hybridized carbons (Fsp3) is 0.400. The van der Waals surface area contributed by atoms with E-state index in [0.29, 0.717) is 41.6 Å². The van der Waals surface area contributed by atoms with Crippen LogP contribution < -0.4 is 14.8 Å². The molecule has 0 radical (unpaired) electrons. The van der Waals surface area contributed by atoms with Crippen LogP contribution in [-0.4, -0.2) is 64.8 Å². The van der Waals surface area contributed by atoms with E-state index in [9.17, 15) is 13.2 Å². The molecule has 14 heteroatoms. The first-order valence-electron chi connectivity index (χ1n) is 10.4. The summed E-state index contributed by atoms with van der Waals surface area (Å²) in [6, 6.07) is 0.824. The van der Waals surface area contributed by atoms with E-state index in [0.717, 1.165) is 11.3 Å². The molecule has 0 aromatic carbocycles. The first-order valence-corrected chi connectivity index (χ1v) is 12.8. The quantitative estimate of drug-likeness (QED) is 0.393. The molecule has 1 aliphatic rings. The number of amides is 1. The number of thiazole rings is 1. The van der Waals surface area contributed by atoms with E-state index < -0.39 is 27.2 Å². The van der Waals surface area contributed by atoms with Gasteiger partial charge in [0.25, 0.3) is 5.91 Å². The van der Waals surface area contributed by atoms with Gasteiger partial charge in [-0.05, 0) is 19.8 Å². The largest absolute Gasteiger partial charge is 0.477 e. The van der Waals surface area contributed by atoms with Gasteiger partial charge in [-0.25, -0.2) is 28.4 Å². The number of sulfonamides is 1. The topological polar surface area (TPSA) is 158 Å². The molecule has 1 amide bonds. The number of carbonyl (C=O) groups is 1. The molecule has 34 heavy (non-hydrogen) atoms. The van der Waals surface area contributed by atoms with Crippen molar-refractivity contribution in [2.75, 3.05) is 25.0 Å². The van der Waals surface area contributed by atoms with Gasteiger partial charge < -0.3 is 14.8 Å². The highest BCUT2D eigenvalue weighted by molar-refractivity contribution is 7.93. The summed E-state index contributed by atoms with van der Waals surface area (Å²) in [5.41, 5.74) is 0.935. The maximum atomic E-state index is 12.9. The van der Waals surface area contributed by atoms with Gasteiger partial charge in [-0.1, -0.05) is 0 Å². The molecule has 3 heterocycles. The van der Waals surface area contributed by atoms with Crippen LogP contribution in [0.2, 0.25) is 0 Å². The molecule has 0 unspecified atom stereocenters. The lowest BCUT2D eigenvalue weighted by Gasteiger charge is -2.17. The van der Waals surface area contributed by atoms with Crippen molar-refractivity contribution in [3.63, 3.8) is 0 Å². The zero-order valence-electron chi connectivity index (χ0n) is 18.5. The third kappa shape index (κ3) is 5.81. The molecule has 0 spiro atoms. The Kier molecular flexibility index (Phi) is 7.29. The Morgan fingerprint density at radius 3 is 2.79 bits per heavy atom. The molecule has 12 nitrogen and oxygen atoms in total. The Bertz CT molecular complexity index is 1260. The molecule has 1 fully saturated rings. The van der Waals surface area contributed by atoms with E-state index in [1.54, 1.807) is 12.4 Å². The Morgan fingerprint density at radius 2 is 2.06 bits per heavy atom. The zero-order chi connectivity index (χ0) is 24.1. The number of nitrogens with one attached hydrogen (secondary N) is 2. The number of anilines is 1. The van der Waals surface area contributed by atoms with Crippen molar-refractivity contribution < 1.29 is 22.7 Å². The molecule has 0 bridgehead atoms. The van der Waals surface area contributed by atoms with Crippen LogP contribution in [0.25, 0.3) is 10.6 Å². The van der Waals surface area contributed by atoms with Gasteiger partial charge in [0.2, 0.25) is 15.9 Å². The maximum Gasteiger partial charge on any atom is 0.280 e. The van der Waals surface area contributed by atoms with E-state index in [1.807, 2.05) is 6.92 Å². The van der Waals surface area contributed by atoms with E-state index in [2.05, 4.69) is 35.0 Å². The average Bonchev–Trinajstić information content (AvgIpc) is 3.57. The Hall–Kier alpha value is -3.23. The maximum absolute atomic E-state index is 12.9. The summed E-state index contributed by atoms with van der Waals surface area (Å²) >= 11 is 1.15. The first-order chi connectivity index (χ1) is 16.4. The molecular weight excluding hydrogens is 482 g/mol. The van der Waals surface area contributed by atoms with Crippen molar-refractivity contribution in [2.45, 2.75) is 31.1 Å². The standard InChI is InChI=1S/C20H23N7O5S2/c1-3-32-18-9-21-7-14(25-18)16-8-22-20(33-16)19(28)26-15(10-31-2)13-6-17(24-11-23-13)27-34(29,30)12-4-5-12/h6-9,11-12,15H,3-5,10H2,1-2H3,(H,26,28)(H,23,24,27)/t15-/m1/s1. The minimum atomic E-state index is -3.48. The van der Waals surface area contributed by atoms with E-state index in [4.69, 9.17) is 9.47 Å². The van der Waals surface area contributed by atoms with Crippen LogP contribution >= 0.6 is 11.3 Å². The SMILES string of the molecule is CCOc1cncc(-c2cnc(C(=O)N[C@H](COC)c3cc(NS(=O)(=O)C4CC4)ncn3)s2)n1. The molecule has 0 aliphatic heterocycles. The summed E-state index contributed by atoms with van der Waals surface area (Å²) in [5.74, 6) is 0.0823. The van der Waals surface area contributed by atoms with Gasteiger partial charge in [-0.3, -0.25) is 14.5 Å². The number of rotatable bonds is 11. The Labute approximate surface area is 200 Å². The first kappa shape index (κ1) is 23.9. The average molecular weight is 506 g/mol. The van der Waals surface area contributed by atoms with Gasteiger partial charge in [-0.15, -0.1) is 11.3 Å². The van der Waals surface area contributed by atoms with E-state index >= 15 is 0 Å². The van der Waals surface area contributed by atoms with Crippen LogP contribution in [0.1, 0.15) is 41.3 Å². The molecular formula is C20H23N7O5S2. The normalized spacial score (nSPS) is 14.4. The Morgan fingerprint density at radius 1 is 1.24 bits per heavy atom. The zero-order valence-corrected chi connectivity index (χ0v) is 20.1. The van der Waals surface area contributed by atoms with Gasteiger partial charge in [0.05, 0.1) is 47.5 Å². The predicted molar refractivity (Wildman–Crippen MR) is 124 cm³/mol. The van der Waals surface area contributed by atoms with Crippen LogP contribution in [-0.2, 0) is 14.8 Å². The highest BCUT2D eigenvalue weighted by Crippen LogP contribution is 2.30. The van der Waals surface area contributed by atoms with Crippen LogP contribution in [0, 0.1) is 0 Å². The van der Waals surface area contributed by atoms with Crippen LogP contribution in [0.4, 0.5) is 5.82 Å². The van der Waals surface area contributed by atoms with E-state index in [-0.39, 0.29) is 17.4 Å². The molecule has 1 saturated carbocycles. The van der Waals surface area contributed by atoms with Crippen molar-refractivity contribution in [2.24, 2.45) is 0 Å². The number of aromatic nitrogens is 5. The van der Waals surface area contributed by atoms with Crippen molar-refractivity contribution >= 4 is 33.1 Å². The van der Waals surface area contributed by atoms with Gasteiger partial charge in [0.1, 0.15) is 17.8 Å². The lowest BCUT2D eigenvalue weighted by atomic mass is 10.2. The second-order valence-corrected chi connectivity index (χ2v) is 10.4. The molecule has 4 rings (SSSR count). The lowest BCUT2D eigenvalue weighted by molar-refractivity contribution is 0.0894. The smallest absolute Gasteiger partial charge is 0.280 e. The van der Waals surface area contributed by atoms with Crippen LogP contribution in [0.15, 0.2) is 31.0 Å². The van der Waals surface area contributed by atoms with Crippen LogP contribution in [0.5, 0.6) is 5.88 Å². The Balaban J connectivity index is 1.49. The minimum absolute atomic E-state index is 0.109. The highest BCUT2D eigenvalue weighted by atomic mass is 32.2. The minimum Gasteiger partial charge on any atom is -0.477 e. The van der Waals surface area contributed by atoms with Gasteiger partial charge in [0.15, 0.2) is 5.01 Å². The van der Waals surface area contributed by atoms with E-state index in [1.165, 1.54) is 25.7 Å². The summed E-state index contributed by atoms with van der Waals surface area (Å²) in [4.78, 5) is 34.4. The monoisotopic (exact) mass is 505 g/mol. The number of hydrogen-bond acceptors (Lipinski definition) is 11. The molecule has 2 N–H and O–H groups in total. The van der Waals surface area contributed by atoms with Gasteiger partial charge in [-0.2, -0.15) is 0 Å². The third-order valence-corrected chi connectivity index (χ3v) is 7.61. The van der Waals surface area contributed by atoms with Crippen molar-refractivity contribution in [3.8, 4) is 16.5 Å². The molecule has 3 aromatic rings. The fourth-order valence-corrected chi connectivity index (χ4v) is 5.10. The second kappa shape index (κ2) is 10.4. The predicted octanol–water partition coefficient (Wildman–Crippen LogP) is 1.81. The number of methoxy groups -OCH3 is 1. The fourth-order valence-electron chi connectivity index (χ4n) is 3.00. The molecule has 1 atom stereocenters. The van der Waals surface area contributed by atoms with Gasteiger partial charge >= 0.3 is 0 Å². The molecule has 1 aliphatic carbocycles. The lowest BCUT2D eigenvalue weighted by Crippen LogP contribution is -2.32. The summed E-state index contributed by atoms with van der Waals surface area (Å²) < 4.78 is 37.5. The molecule has 180 valence electrons. The second-order valence-electron chi connectivity index (χ2n) is 7.36. The van der Waals surface area contributed by atoms with Crippen LogP contribution in [0.3, 0.4) is 0 Å². The van der Waals surface area contributed by atoms with Gasteiger partial charge in [0, 0.05) is 19.4 Å². The van der Waals surface area contributed by atoms with Crippen molar-refractivity contribution in [1.29, 1.82) is 0 Å². The number of carbonyl (C=O) groups excluding carboxylic acids is 1. The summed E-state index contributed by atoms with van der Waals surface area (Å²) in [7, 11) is -1.99. The number of hydrogen-bond donors (Lipinski definition) is 2. The molecule has 0 saturated heterocycles. The summed E-state index contributed by atoms with van der Waals surface area (Å²) in [6.45, 7) is 2.42. The highest BCUT2D eigenvalue weighted by Gasteiger charge is 2.36. The number of ether oxygens (including phenoxy) is 2. The van der Waals surface area contributed by atoms with Crippen molar-refractivity contribution in [3.05, 3.63) is 41.7 Å². The van der Waals surface area contributed by atoms with Crippen molar-refractivity contribution in [1.82, 2.24) is 30.2 Å². The number of nitrogens with zero attached hydrogens (tertiary/aromatic N) is 5. The molecule has 3 aromatic heterocycles.